The third-order valence-electron chi connectivity index (χ3n) is 4.22. The van der Waals surface area contributed by atoms with Gasteiger partial charge >= 0.3 is 5.97 Å². The number of benzene rings is 1. The molecule has 1 aliphatic rings. The highest BCUT2D eigenvalue weighted by Crippen LogP contribution is 2.36. The smallest absolute Gasteiger partial charge is 0.337 e. The summed E-state index contributed by atoms with van der Waals surface area (Å²) in [6, 6.07) is 10.5. The molecule has 1 aromatic carbocycles. The van der Waals surface area contributed by atoms with Gasteiger partial charge in [-0.05, 0) is 42.8 Å². The van der Waals surface area contributed by atoms with Gasteiger partial charge < -0.3 is 15.2 Å². The number of anilines is 1. The molecule has 0 atom stereocenters. The van der Waals surface area contributed by atoms with Gasteiger partial charge in [0.25, 0.3) is 0 Å². The maximum absolute atomic E-state index is 11.6. The second kappa shape index (κ2) is 5.94. The number of hydrogen-bond donors (Lipinski definition) is 2. The van der Waals surface area contributed by atoms with E-state index >= 15 is 0 Å². The number of carbonyl (C=O) groups is 1. The van der Waals surface area contributed by atoms with Gasteiger partial charge in [-0.2, -0.15) is 5.10 Å². The summed E-state index contributed by atoms with van der Waals surface area (Å²) in [5, 5.41) is 18.5. The van der Waals surface area contributed by atoms with Crippen LogP contribution in [-0.2, 0) is 11.2 Å². The molecule has 3 heterocycles. The lowest BCUT2D eigenvalue weighted by Crippen LogP contribution is -2.05. The molecule has 3 aromatic rings. The highest BCUT2D eigenvalue weighted by molar-refractivity contribution is 5.89. The Morgan fingerprint density at radius 1 is 1.28 bits per heavy atom. The van der Waals surface area contributed by atoms with Gasteiger partial charge in [0.2, 0.25) is 5.88 Å². The van der Waals surface area contributed by atoms with Gasteiger partial charge in [0, 0.05) is 23.9 Å². The predicted molar refractivity (Wildman–Crippen MR) is 92.0 cm³/mol. The molecule has 0 amide bonds. The average molecular weight is 336 g/mol. The maximum atomic E-state index is 11.6. The summed E-state index contributed by atoms with van der Waals surface area (Å²) in [5.41, 5.74) is 3.45. The number of nitrogens with zero attached hydrogens (tertiary/aromatic N) is 3. The summed E-state index contributed by atoms with van der Waals surface area (Å²) in [6.45, 7) is 0.664. The molecule has 0 spiro atoms. The van der Waals surface area contributed by atoms with E-state index in [0.717, 1.165) is 16.9 Å². The van der Waals surface area contributed by atoms with Crippen molar-refractivity contribution in [3.05, 3.63) is 53.7 Å². The monoisotopic (exact) mass is 336 g/mol. The van der Waals surface area contributed by atoms with E-state index in [1.807, 2.05) is 12.1 Å². The Hall–Kier alpha value is -3.35. The Kier molecular flexibility index (Phi) is 3.61. The molecule has 0 fully saturated rings. The fourth-order valence-corrected chi connectivity index (χ4v) is 2.97. The van der Waals surface area contributed by atoms with E-state index in [9.17, 15) is 9.90 Å². The van der Waals surface area contributed by atoms with Crippen LogP contribution in [-0.4, -0.2) is 39.5 Å². The first-order valence-electron chi connectivity index (χ1n) is 7.88. The second-order valence-electron chi connectivity index (χ2n) is 5.68. The van der Waals surface area contributed by atoms with Crippen LogP contribution in [0.15, 0.2) is 42.6 Å². The quantitative estimate of drug-likeness (QED) is 0.699. The molecule has 0 saturated heterocycles. The largest absolute Gasteiger partial charge is 0.493 e. The molecular weight excluding hydrogens is 320 g/mol. The Morgan fingerprint density at radius 2 is 2.08 bits per heavy atom. The fourth-order valence-electron chi connectivity index (χ4n) is 2.97. The van der Waals surface area contributed by atoms with Gasteiger partial charge in [-0.25, -0.2) is 14.5 Å². The van der Waals surface area contributed by atoms with Crippen molar-refractivity contribution in [1.82, 2.24) is 14.8 Å². The van der Waals surface area contributed by atoms with Crippen LogP contribution in [0.4, 0.5) is 5.82 Å². The van der Waals surface area contributed by atoms with E-state index in [1.54, 1.807) is 30.5 Å². The lowest BCUT2D eigenvalue weighted by Gasteiger charge is -2.07. The molecule has 2 N–H and O–H groups in total. The van der Waals surface area contributed by atoms with Crippen LogP contribution in [0, 0.1) is 0 Å². The molecule has 126 valence electrons. The minimum Gasteiger partial charge on any atom is -0.493 e. The van der Waals surface area contributed by atoms with E-state index in [-0.39, 0.29) is 5.88 Å². The van der Waals surface area contributed by atoms with Crippen molar-refractivity contribution in [2.45, 2.75) is 6.42 Å². The van der Waals surface area contributed by atoms with Crippen molar-refractivity contribution in [2.24, 2.45) is 0 Å². The highest BCUT2D eigenvalue weighted by Gasteiger charge is 2.24. The molecular formula is C18H16N4O3. The van der Waals surface area contributed by atoms with Gasteiger partial charge in [0.15, 0.2) is 0 Å². The highest BCUT2D eigenvalue weighted by atomic mass is 16.5. The van der Waals surface area contributed by atoms with Crippen LogP contribution < -0.4 is 5.32 Å². The number of fused-ring (bicyclic) bond motifs is 3. The molecule has 25 heavy (non-hydrogen) atoms. The van der Waals surface area contributed by atoms with Crippen LogP contribution in [0.5, 0.6) is 5.88 Å². The summed E-state index contributed by atoms with van der Waals surface area (Å²) in [6.07, 6.45) is 2.36. The first-order valence-corrected chi connectivity index (χ1v) is 7.88. The number of carbonyl (C=O) groups excluding carboxylic acids is 1. The average Bonchev–Trinajstić information content (AvgIpc) is 2.87. The van der Waals surface area contributed by atoms with Crippen molar-refractivity contribution in [3.8, 4) is 22.8 Å². The third-order valence-corrected chi connectivity index (χ3v) is 4.22. The summed E-state index contributed by atoms with van der Waals surface area (Å²) in [5.74, 6) is 0.448. The molecule has 4 rings (SSSR count). The summed E-state index contributed by atoms with van der Waals surface area (Å²) in [4.78, 5) is 15.9. The first kappa shape index (κ1) is 15.2. The maximum Gasteiger partial charge on any atom is 0.337 e. The number of rotatable bonds is 2. The number of nitrogens with one attached hydrogen (secondary N) is 1. The summed E-state index contributed by atoms with van der Waals surface area (Å²) in [7, 11) is 1.34. The standard InChI is InChI=1S/C18H16N4O3/c1-25-18(24)11-4-6-12(7-5-11)22-17(23)14-8-10-20-16-13(15(14)21-22)3-2-9-19-16/h2-7,9,23H,8,10H2,1H3,(H,19,20). The van der Waals surface area contributed by atoms with Crippen molar-refractivity contribution in [3.63, 3.8) is 0 Å². The first-order chi connectivity index (χ1) is 12.2. The SMILES string of the molecule is COC(=O)c1ccc(-n2nc3c(c2O)CCNc2ncccc2-3)cc1. The number of ether oxygens (including phenoxy) is 1. The zero-order valence-electron chi connectivity index (χ0n) is 13.6. The van der Waals surface area contributed by atoms with Crippen molar-refractivity contribution >= 4 is 11.8 Å². The van der Waals surface area contributed by atoms with E-state index in [1.165, 1.54) is 11.8 Å². The Bertz CT molecular complexity index is 947. The molecule has 1 aliphatic heterocycles. The van der Waals surface area contributed by atoms with E-state index in [2.05, 4.69) is 15.4 Å². The number of aromatic hydroxyl groups is 1. The number of pyridine rings is 1. The fraction of sp³-hybridized carbons (Fsp3) is 0.167. The zero-order chi connectivity index (χ0) is 17.4. The minimum absolute atomic E-state index is 0.0966. The van der Waals surface area contributed by atoms with E-state index < -0.39 is 5.97 Å². The van der Waals surface area contributed by atoms with Gasteiger partial charge in [-0.15, -0.1) is 0 Å². The Labute approximate surface area is 143 Å². The van der Waals surface area contributed by atoms with Crippen molar-refractivity contribution < 1.29 is 14.6 Å². The van der Waals surface area contributed by atoms with Crippen LogP contribution in [0.1, 0.15) is 15.9 Å². The van der Waals surface area contributed by atoms with Crippen LogP contribution in [0.25, 0.3) is 16.9 Å². The predicted octanol–water partition coefficient (Wildman–Crippen LogP) is 2.39. The van der Waals surface area contributed by atoms with Gasteiger partial charge in [0.05, 0.1) is 18.4 Å². The summed E-state index contributed by atoms with van der Waals surface area (Å²) < 4.78 is 6.18. The lowest BCUT2D eigenvalue weighted by molar-refractivity contribution is 0.0600. The Balaban J connectivity index is 1.81. The molecule has 0 saturated carbocycles. The van der Waals surface area contributed by atoms with E-state index in [4.69, 9.17) is 4.74 Å². The number of aromatic nitrogens is 3. The molecule has 7 nitrogen and oxygen atoms in total. The minimum atomic E-state index is -0.405. The van der Waals surface area contributed by atoms with Gasteiger partial charge in [0.1, 0.15) is 11.5 Å². The topological polar surface area (TPSA) is 89.3 Å². The zero-order valence-corrected chi connectivity index (χ0v) is 13.6. The second-order valence-corrected chi connectivity index (χ2v) is 5.68. The molecule has 7 heteroatoms. The molecule has 0 unspecified atom stereocenters. The number of esters is 1. The molecule has 0 aliphatic carbocycles. The van der Waals surface area contributed by atoms with Gasteiger partial charge in [-0.1, -0.05) is 0 Å². The third kappa shape index (κ3) is 2.50. The van der Waals surface area contributed by atoms with Gasteiger partial charge in [-0.3, -0.25) is 0 Å². The lowest BCUT2D eigenvalue weighted by atomic mass is 10.1. The van der Waals surface area contributed by atoms with Crippen molar-refractivity contribution in [2.75, 3.05) is 19.0 Å². The van der Waals surface area contributed by atoms with E-state index in [0.29, 0.717) is 29.9 Å². The summed E-state index contributed by atoms with van der Waals surface area (Å²) >= 11 is 0. The van der Waals surface area contributed by atoms with Crippen LogP contribution in [0.2, 0.25) is 0 Å². The van der Waals surface area contributed by atoms with Crippen molar-refractivity contribution in [1.29, 1.82) is 0 Å². The Morgan fingerprint density at radius 3 is 2.84 bits per heavy atom. The molecule has 0 bridgehead atoms. The molecule has 0 radical (unpaired) electrons. The number of hydrogen-bond acceptors (Lipinski definition) is 6. The normalized spacial score (nSPS) is 12.5. The van der Waals surface area contributed by atoms with Crippen LogP contribution >= 0.6 is 0 Å². The van der Waals surface area contributed by atoms with Crippen LogP contribution in [0.3, 0.4) is 0 Å². The molecule has 2 aromatic heterocycles. The number of methoxy groups -OCH3 is 1.